The third-order valence-electron chi connectivity index (χ3n) is 4.15. The van der Waals surface area contributed by atoms with Crippen LogP contribution < -0.4 is 5.56 Å². The zero-order valence-corrected chi connectivity index (χ0v) is 16.8. The zero-order valence-electron chi connectivity index (χ0n) is 15.3. The van der Waals surface area contributed by atoms with E-state index in [1.165, 1.54) is 6.08 Å². The van der Waals surface area contributed by atoms with E-state index < -0.39 is 0 Å². The van der Waals surface area contributed by atoms with Crippen LogP contribution in [0.2, 0.25) is 10.0 Å². The van der Waals surface area contributed by atoms with Crippen molar-refractivity contribution in [2.45, 2.75) is 19.9 Å². The van der Waals surface area contributed by atoms with Crippen LogP contribution in [0.15, 0.2) is 53.3 Å². The van der Waals surface area contributed by atoms with E-state index in [1.54, 1.807) is 41.3 Å². The molecule has 7 heteroatoms. The fourth-order valence-electron chi connectivity index (χ4n) is 2.80. The Morgan fingerprint density at radius 3 is 2.57 bits per heavy atom. The van der Waals surface area contributed by atoms with Crippen LogP contribution in [-0.4, -0.2) is 27.3 Å². The molecule has 5 nitrogen and oxygen atoms in total. The first-order valence-corrected chi connectivity index (χ1v) is 9.63. The quantitative estimate of drug-likeness (QED) is 0.594. The average molecular weight is 416 g/mol. The Bertz CT molecular complexity index is 1080. The van der Waals surface area contributed by atoms with Gasteiger partial charge in [0.2, 0.25) is 5.91 Å². The van der Waals surface area contributed by atoms with Crippen molar-refractivity contribution in [1.29, 1.82) is 0 Å². The molecule has 0 saturated heterocycles. The molecule has 1 amide bonds. The number of nitrogens with one attached hydrogen (secondary N) is 1. The van der Waals surface area contributed by atoms with E-state index in [0.29, 0.717) is 33.3 Å². The Kier molecular flexibility index (Phi) is 6.49. The van der Waals surface area contributed by atoms with Gasteiger partial charge in [0, 0.05) is 22.7 Å². The summed E-state index contributed by atoms with van der Waals surface area (Å²) in [4.78, 5) is 33.8. The summed E-state index contributed by atoms with van der Waals surface area (Å²) in [6.45, 7) is 2.73. The molecule has 1 N–H and O–H groups in total. The summed E-state index contributed by atoms with van der Waals surface area (Å²) in [5, 5.41) is 1.61. The summed E-state index contributed by atoms with van der Waals surface area (Å²) in [6, 6.07) is 12.1. The minimum absolute atomic E-state index is 0.161. The van der Waals surface area contributed by atoms with Gasteiger partial charge in [-0.2, -0.15) is 0 Å². The van der Waals surface area contributed by atoms with Gasteiger partial charge >= 0.3 is 0 Å². The molecule has 0 aliphatic rings. The van der Waals surface area contributed by atoms with Crippen molar-refractivity contribution in [2.75, 3.05) is 6.54 Å². The highest BCUT2D eigenvalue weighted by Crippen LogP contribution is 2.15. The van der Waals surface area contributed by atoms with E-state index in [0.717, 1.165) is 12.0 Å². The monoisotopic (exact) mass is 415 g/mol. The molecule has 3 aromatic rings. The summed E-state index contributed by atoms with van der Waals surface area (Å²) in [7, 11) is 0. The van der Waals surface area contributed by atoms with Gasteiger partial charge in [-0.15, -0.1) is 0 Å². The topological polar surface area (TPSA) is 66.1 Å². The largest absolute Gasteiger partial charge is 0.332 e. The zero-order chi connectivity index (χ0) is 20.1. The minimum atomic E-state index is -0.253. The van der Waals surface area contributed by atoms with Gasteiger partial charge in [-0.3, -0.25) is 9.59 Å². The lowest BCUT2D eigenvalue weighted by atomic mass is 10.2. The van der Waals surface area contributed by atoms with Crippen LogP contribution in [0.1, 0.15) is 24.7 Å². The molecule has 0 bridgehead atoms. The maximum atomic E-state index is 12.7. The third-order valence-corrected chi connectivity index (χ3v) is 4.64. The Labute approximate surface area is 172 Å². The maximum Gasteiger partial charge on any atom is 0.258 e. The average Bonchev–Trinajstić information content (AvgIpc) is 2.66. The van der Waals surface area contributed by atoms with Crippen molar-refractivity contribution in [2.24, 2.45) is 0 Å². The Hall–Kier alpha value is -2.63. The van der Waals surface area contributed by atoms with Gasteiger partial charge < -0.3 is 9.88 Å². The predicted octanol–water partition coefficient (Wildman–Crippen LogP) is 4.68. The van der Waals surface area contributed by atoms with Gasteiger partial charge in [-0.05, 0) is 48.4 Å². The predicted molar refractivity (Wildman–Crippen MR) is 114 cm³/mol. The molecule has 0 fully saturated rings. The van der Waals surface area contributed by atoms with Crippen LogP contribution in [0.4, 0.5) is 0 Å². The number of benzene rings is 2. The molecular weight excluding hydrogens is 397 g/mol. The van der Waals surface area contributed by atoms with Gasteiger partial charge in [0.25, 0.3) is 5.56 Å². The SMILES string of the molecule is CCCN(Cc1nc2cc(Cl)ccc2c(=O)[nH]1)C(=O)/C=C/c1ccc(Cl)cc1. The summed E-state index contributed by atoms with van der Waals surface area (Å²) in [6.07, 6.45) is 4.02. The fourth-order valence-corrected chi connectivity index (χ4v) is 3.09. The van der Waals surface area contributed by atoms with Crippen molar-refractivity contribution in [3.05, 3.63) is 80.3 Å². The molecule has 1 heterocycles. The third kappa shape index (κ3) is 5.00. The highest BCUT2D eigenvalue weighted by Gasteiger charge is 2.13. The molecule has 0 saturated carbocycles. The van der Waals surface area contributed by atoms with E-state index in [9.17, 15) is 9.59 Å². The van der Waals surface area contributed by atoms with Crippen molar-refractivity contribution in [1.82, 2.24) is 14.9 Å². The molecular formula is C21H19Cl2N3O2. The van der Waals surface area contributed by atoms with Crippen LogP contribution in [0.25, 0.3) is 17.0 Å². The van der Waals surface area contributed by atoms with Crippen LogP contribution in [-0.2, 0) is 11.3 Å². The number of nitrogens with zero attached hydrogens (tertiary/aromatic N) is 2. The molecule has 3 rings (SSSR count). The number of amides is 1. The molecule has 0 radical (unpaired) electrons. The summed E-state index contributed by atoms with van der Waals surface area (Å²) < 4.78 is 0. The molecule has 0 spiro atoms. The number of hydrogen-bond donors (Lipinski definition) is 1. The lowest BCUT2D eigenvalue weighted by molar-refractivity contribution is -0.126. The molecule has 144 valence electrons. The summed E-state index contributed by atoms with van der Waals surface area (Å²) in [5.74, 6) is 0.257. The van der Waals surface area contributed by atoms with Crippen LogP contribution in [0.3, 0.4) is 0 Å². The number of H-pyrrole nitrogens is 1. The number of carbonyl (C=O) groups is 1. The van der Waals surface area contributed by atoms with Gasteiger partial charge in [0.1, 0.15) is 5.82 Å². The van der Waals surface area contributed by atoms with Gasteiger partial charge in [0.15, 0.2) is 0 Å². The van der Waals surface area contributed by atoms with Crippen LogP contribution >= 0.6 is 23.2 Å². The molecule has 2 aromatic carbocycles. The van der Waals surface area contributed by atoms with E-state index in [-0.39, 0.29) is 18.0 Å². The van der Waals surface area contributed by atoms with Gasteiger partial charge in [-0.25, -0.2) is 4.98 Å². The van der Waals surface area contributed by atoms with Crippen LogP contribution in [0.5, 0.6) is 0 Å². The summed E-state index contributed by atoms with van der Waals surface area (Å²) >= 11 is 11.9. The molecule has 0 unspecified atom stereocenters. The smallest absolute Gasteiger partial charge is 0.258 e. The Morgan fingerprint density at radius 1 is 1.14 bits per heavy atom. The van der Waals surface area contributed by atoms with E-state index >= 15 is 0 Å². The van der Waals surface area contributed by atoms with Gasteiger partial charge in [0.05, 0.1) is 17.4 Å². The number of fused-ring (bicyclic) bond motifs is 1. The first kappa shape index (κ1) is 20.1. The van der Waals surface area contributed by atoms with E-state index in [1.807, 2.05) is 19.1 Å². The lowest BCUT2D eigenvalue weighted by Gasteiger charge is -2.20. The number of hydrogen-bond acceptors (Lipinski definition) is 3. The fraction of sp³-hybridized carbons (Fsp3) is 0.190. The number of carbonyl (C=O) groups excluding carboxylic acids is 1. The molecule has 0 atom stereocenters. The second-order valence-electron chi connectivity index (χ2n) is 6.32. The molecule has 1 aromatic heterocycles. The summed E-state index contributed by atoms with van der Waals surface area (Å²) in [5.41, 5.74) is 1.13. The van der Waals surface area contributed by atoms with Gasteiger partial charge in [-0.1, -0.05) is 42.3 Å². The normalized spacial score (nSPS) is 11.2. The lowest BCUT2D eigenvalue weighted by Crippen LogP contribution is -2.31. The van der Waals surface area contributed by atoms with Crippen molar-refractivity contribution in [3.63, 3.8) is 0 Å². The maximum absolute atomic E-state index is 12.7. The van der Waals surface area contributed by atoms with E-state index in [4.69, 9.17) is 23.2 Å². The molecule has 0 aliphatic heterocycles. The molecule has 28 heavy (non-hydrogen) atoms. The second-order valence-corrected chi connectivity index (χ2v) is 7.19. The first-order valence-electron chi connectivity index (χ1n) is 8.87. The highest BCUT2D eigenvalue weighted by molar-refractivity contribution is 6.31. The Morgan fingerprint density at radius 2 is 1.86 bits per heavy atom. The highest BCUT2D eigenvalue weighted by atomic mass is 35.5. The standard InChI is InChI=1S/C21H19Cl2N3O2/c1-2-11-26(20(27)10-5-14-3-6-15(22)7-4-14)13-19-24-18-12-16(23)8-9-17(18)21(28)25-19/h3-10,12H,2,11,13H2,1H3,(H,24,25,28)/b10-5+. The van der Waals surface area contributed by atoms with Crippen molar-refractivity contribution >= 4 is 46.1 Å². The first-order chi connectivity index (χ1) is 13.5. The number of aromatic nitrogens is 2. The Balaban J connectivity index is 1.82. The van der Waals surface area contributed by atoms with Crippen molar-refractivity contribution < 1.29 is 4.79 Å². The number of halogens is 2. The van der Waals surface area contributed by atoms with E-state index in [2.05, 4.69) is 9.97 Å². The number of aromatic amines is 1. The van der Waals surface area contributed by atoms with Crippen LogP contribution in [0, 0.1) is 0 Å². The second kappa shape index (κ2) is 9.04. The number of rotatable bonds is 6. The van der Waals surface area contributed by atoms with Crippen molar-refractivity contribution in [3.8, 4) is 0 Å². The molecule has 0 aliphatic carbocycles. The minimum Gasteiger partial charge on any atom is -0.332 e.